The van der Waals surface area contributed by atoms with Crippen molar-refractivity contribution >= 4 is 5.97 Å². The Morgan fingerprint density at radius 3 is 2.67 bits per heavy atom. The van der Waals surface area contributed by atoms with E-state index < -0.39 is 36.3 Å². The van der Waals surface area contributed by atoms with E-state index in [-0.39, 0.29) is 0 Å². The van der Waals surface area contributed by atoms with Gasteiger partial charge in [-0.1, -0.05) is 0 Å². The van der Waals surface area contributed by atoms with E-state index in [1.165, 1.54) is 0 Å². The van der Waals surface area contributed by atoms with Crippen molar-refractivity contribution in [1.29, 1.82) is 0 Å². The van der Waals surface area contributed by atoms with Gasteiger partial charge in [-0.2, -0.15) is 0 Å². The Morgan fingerprint density at radius 2 is 2.17 bits per heavy atom. The number of carboxylic acids is 1. The zero-order valence-electron chi connectivity index (χ0n) is 7.08. The first-order valence-corrected chi connectivity index (χ1v) is 3.36. The molecule has 12 heavy (non-hydrogen) atoms. The lowest BCUT2D eigenvalue weighted by Gasteiger charge is -2.25. The molecular formula is C7H10O5. The van der Waals surface area contributed by atoms with Gasteiger partial charge in [0.2, 0.25) is 0 Å². The van der Waals surface area contributed by atoms with Gasteiger partial charge in [0, 0.05) is 13.3 Å². The van der Waals surface area contributed by atoms with Crippen molar-refractivity contribution in [3.63, 3.8) is 0 Å². The fourth-order valence-corrected chi connectivity index (χ4v) is 0.965. The van der Waals surface area contributed by atoms with Crippen molar-refractivity contribution in [3.8, 4) is 0 Å². The summed E-state index contributed by atoms with van der Waals surface area (Å²) in [6, 6.07) is 0. The van der Waals surface area contributed by atoms with Gasteiger partial charge in [0.05, 0.1) is 6.10 Å². The molecule has 0 unspecified atom stereocenters. The zero-order valence-corrected chi connectivity index (χ0v) is 6.08. The quantitative estimate of drug-likeness (QED) is 0.388. The largest absolute Gasteiger partial charge is 0.478 e. The van der Waals surface area contributed by atoms with Gasteiger partial charge in [-0.25, -0.2) is 4.79 Å². The Morgan fingerprint density at radius 1 is 1.58 bits per heavy atom. The highest BCUT2D eigenvalue weighted by Crippen LogP contribution is 2.19. The van der Waals surface area contributed by atoms with Gasteiger partial charge < -0.3 is 20.4 Å². The van der Waals surface area contributed by atoms with Crippen LogP contribution in [0.4, 0.5) is 0 Å². The molecule has 4 N–H and O–H groups in total. The summed E-state index contributed by atoms with van der Waals surface area (Å²) in [5, 5.41) is 35.8. The van der Waals surface area contributed by atoms with E-state index in [9.17, 15) is 4.79 Å². The third-order valence-electron chi connectivity index (χ3n) is 1.65. The molecule has 0 fully saturated rings. The Labute approximate surface area is 70.0 Å². The van der Waals surface area contributed by atoms with Gasteiger partial charge in [-0.3, -0.25) is 0 Å². The van der Waals surface area contributed by atoms with Crippen LogP contribution in [0, 0.1) is 0 Å². The molecule has 1 aliphatic carbocycles. The molecule has 0 aromatic heterocycles. The van der Waals surface area contributed by atoms with Gasteiger partial charge in [-0.05, 0) is 6.08 Å². The molecule has 0 heterocycles. The maximum Gasteiger partial charge on any atom is 0.331 e. The standard InChI is InChI=1S/C7H10O5/c8-4-1-3(7(11)12)2-5(9)6(4)10/h1,4-6,8-10H,2H2,(H,11,12)/t4-,5-,6-/m1/s1/i2D/t2-,4+,5+,6+/m0. The fraction of sp³-hybridized carbons (Fsp3) is 0.571. The lowest BCUT2D eigenvalue weighted by molar-refractivity contribution is -0.134. The molecule has 0 bridgehead atoms. The fourth-order valence-electron chi connectivity index (χ4n) is 0.965. The predicted octanol–water partition coefficient (Wildman–Crippen LogP) is -1.52. The molecule has 5 heteroatoms. The Bertz CT molecular complexity index is 251. The number of hydrogen-bond donors (Lipinski definition) is 4. The van der Waals surface area contributed by atoms with Gasteiger partial charge in [0.15, 0.2) is 0 Å². The third-order valence-corrected chi connectivity index (χ3v) is 1.65. The van der Waals surface area contributed by atoms with Crippen LogP contribution in [0.25, 0.3) is 0 Å². The number of carboxylic acid groups (broad SMARTS) is 1. The summed E-state index contributed by atoms with van der Waals surface area (Å²) in [7, 11) is 0. The van der Waals surface area contributed by atoms with Crippen molar-refractivity contribution in [1.82, 2.24) is 0 Å². The Balaban J connectivity index is 2.97. The highest BCUT2D eigenvalue weighted by molar-refractivity contribution is 5.87. The summed E-state index contributed by atoms with van der Waals surface area (Å²) in [6.07, 6.45) is -5.03. The highest BCUT2D eigenvalue weighted by Gasteiger charge is 2.31. The van der Waals surface area contributed by atoms with Gasteiger partial charge in [-0.15, -0.1) is 0 Å². The van der Waals surface area contributed by atoms with E-state index in [4.69, 9.17) is 21.8 Å². The first kappa shape index (κ1) is 7.72. The van der Waals surface area contributed by atoms with Crippen LogP contribution in [0.15, 0.2) is 11.6 Å². The van der Waals surface area contributed by atoms with Crippen molar-refractivity contribution in [2.45, 2.75) is 24.7 Å². The molecule has 0 saturated carbocycles. The second kappa shape index (κ2) is 3.22. The Kier molecular flexibility index (Phi) is 2.07. The van der Waals surface area contributed by atoms with Crippen LogP contribution in [0.3, 0.4) is 0 Å². The van der Waals surface area contributed by atoms with Crippen LogP contribution in [0.5, 0.6) is 0 Å². The van der Waals surface area contributed by atoms with Crippen LogP contribution in [-0.2, 0) is 4.79 Å². The van der Waals surface area contributed by atoms with Crippen molar-refractivity contribution in [2.24, 2.45) is 0 Å². The molecule has 1 aliphatic rings. The van der Waals surface area contributed by atoms with Crippen molar-refractivity contribution in [2.75, 3.05) is 0 Å². The van der Waals surface area contributed by atoms with Gasteiger partial charge in [0.1, 0.15) is 12.2 Å². The normalized spacial score (nSPS) is 43.2. The summed E-state index contributed by atoms with van der Waals surface area (Å²) in [5.74, 6) is -1.37. The molecule has 1 rings (SSSR count). The number of aliphatic hydroxyl groups is 3. The van der Waals surface area contributed by atoms with Crippen molar-refractivity contribution < 1.29 is 26.6 Å². The van der Waals surface area contributed by atoms with Crippen LogP contribution in [0.2, 0.25) is 0 Å². The first-order chi connectivity index (χ1) is 5.95. The molecule has 0 aromatic carbocycles. The molecule has 68 valence electrons. The number of hydrogen-bond acceptors (Lipinski definition) is 4. The molecule has 0 spiro atoms. The average Bonchev–Trinajstić information content (AvgIpc) is 2.07. The minimum Gasteiger partial charge on any atom is -0.478 e. The third kappa shape index (κ3) is 1.63. The van der Waals surface area contributed by atoms with E-state index >= 15 is 0 Å². The number of aliphatic hydroxyl groups excluding tert-OH is 3. The summed E-state index contributed by atoms with van der Waals surface area (Å²) in [4.78, 5) is 10.5. The summed E-state index contributed by atoms with van der Waals surface area (Å²) in [5.41, 5.74) is -0.398. The number of rotatable bonds is 1. The average molecular weight is 175 g/mol. The van der Waals surface area contributed by atoms with E-state index in [0.717, 1.165) is 6.08 Å². The van der Waals surface area contributed by atoms with Gasteiger partial charge >= 0.3 is 5.97 Å². The smallest absolute Gasteiger partial charge is 0.331 e. The second-order valence-corrected chi connectivity index (χ2v) is 2.57. The summed E-state index contributed by atoms with van der Waals surface area (Å²) >= 11 is 0. The van der Waals surface area contributed by atoms with Crippen LogP contribution < -0.4 is 0 Å². The molecule has 4 atom stereocenters. The minimum atomic E-state index is -1.56. The molecular weight excluding hydrogens is 164 g/mol. The lowest BCUT2D eigenvalue weighted by Crippen LogP contribution is -2.40. The molecule has 5 nitrogen and oxygen atoms in total. The van der Waals surface area contributed by atoms with E-state index in [1.807, 2.05) is 0 Å². The van der Waals surface area contributed by atoms with E-state index in [2.05, 4.69) is 0 Å². The predicted molar refractivity (Wildman–Crippen MR) is 38.4 cm³/mol. The maximum atomic E-state index is 10.5. The molecule has 0 saturated heterocycles. The Hall–Kier alpha value is -0.910. The van der Waals surface area contributed by atoms with Crippen LogP contribution in [0.1, 0.15) is 7.77 Å². The van der Waals surface area contributed by atoms with E-state index in [1.54, 1.807) is 0 Å². The zero-order chi connectivity index (χ0) is 10.2. The van der Waals surface area contributed by atoms with E-state index in [0.29, 0.717) is 0 Å². The van der Waals surface area contributed by atoms with Crippen LogP contribution in [-0.4, -0.2) is 44.7 Å². The summed E-state index contributed by atoms with van der Waals surface area (Å²) in [6.45, 7) is 0. The monoisotopic (exact) mass is 175 g/mol. The van der Waals surface area contributed by atoms with Gasteiger partial charge in [0.25, 0.3) is 0 Å². The lowest BCUT2D eigenvalue weighted by atomic mass is 9.92. The maximum absolute atomic E-state index is 10.5. The second-order valence-electron chi connectivity index (χ2n) is 2.57. The number of carbonyl (C=O) groups is 1. The molecule has 0 radical (unpaired) electrons. The van der Waals surface area contributed by atoms with Crippen molar-refractivity contribution in [3.05, 3.63) is 11.6 Å². The topological polar surface area (TPSA) is 98.0 Å². The highest BCUT2D eigenvalue weighted by atomic mass is 16.4. The first-order valence-electron chi connectivity index (χ1n) is 3.94. The molecule has 0 amide bonds. The summed E-state index contributed by atoms with van der Waals surface area (Å²) < 4.78 is 7.22. The minimum absolute atomic E-state index is 0.398. The molecule has 0 aliphatic heterocycles. The SMILES string of the molecule is [2H][C@H]1C(C(=O)O)=C[C@@H](O)[C@@H](O)[C@@H]1O. The molecule has 0 aromatic rings. The van der Waals surface area contributed by atoms with Crippen LogP contribution >= 0.6 is 0 Å². The number of aliphatic carboxylic acids is 1.